The van der Waals surface area contributed by atoms with Gasteiger partial charge in [0.25, 0.3) is 5.91 Å². The van der Waals surface area contributed by atoms with Gasteiger partial charge in [0, 0.05) is 29.2 Å². The van der Waals surface area contributed by atoms with Crippen LogP contribution in [0.4, 0.5) is 5.69 Å². The molecule has 1 fully saturated rings. The van der Waals surface area contributed by atoms with Crippen molar-refractivity contribution in [1.29, 1.82) is 0 Å². The molecule has 1 amide bonds. The topological polar surface area (TPSA) is 44.7 Å². The molecule has 1 aliphatic rings. The van der Waals surface area contributed by atoms with Gasteiger partial charge < -0.3 is 4.90 Å². The lowest BCUT2D eigenvalue weighted by molar-refractivity contribution is 0.0955. The number of rotatable bonds is 4. The molecular formula is C17H19N3OS. The number of benzene rings is 1. The Morgan fingerprint density at radius 2 is 1.95 bits per heavy atom. The normalized spacial score (nSPS) is 14.7. The van der Waals surface area contributed by atoms with Gasteiger partial charge in [0.05, 0.1) is 6.21 Å². The number of hydrogen-bond donors (Lipinski definition) is 1. The van der Waals surface area contributed by atoms with Crippen LogP contribution >= 0.6 is 11.3 Å². The summed E-state index contributed by atoms with van der Waals surface area (Å²) in [6.45, 7) is 4.24. The van der Waals surface area contributed by atoms with Crippen LogP contribution in [0.3, 0.4) is 0 Å². The molecular weight excluding hydrogens is 294 g/mol. The van der Waals surface area contributed by atoms with Crippen molar-refractivity contribution in [2.75, 3.05) is 18.0 Å². The highest BCUT2D eigenvalue weighted by Crippen LogP contribution is 2.20. The highest BCUT2D eigenvalue weighted by atomic mass is 32.1. The van der Waals surface area contributed by atoms with Crippen LogP contribution in [0, 0.1) is 6.92 Å². The predicted molar refractivity (Wildman–Crippen MR) is 92.0 cm³/mol. The summed E-state index contributed by atoms with van der Waals surface area (Å²) in [4.78, 5) is 15.5. The average Bonchev–Trinajstić information content (AvgIpc) is 3.20. The first-order chi connectivity index (χ1) is 10.7. The van der Waals surface area contributed by atoms with Crippen LogP contribution in [0.15, 0.2) is 40.8 Å². The number of carbonyl (C=O) groups excluding carboxylic acids is 1. The lowest BCUT2D eigenvalue weighted by atomic mass is 10.2. The average molecular weight is 313 g/mol. The van der Waals surface area contributed by atoms with E-state index in [2.05, 4.69) is 15.4 Å². The van der Waals surface area contributed by atoms with E-state index in [4.69, 9.17) is 0 Å². The fourth-order valence-electron chi connectivity index (χ4n) is 2.53. The molecule has 114 valence electrons. The third kappa shape index (κ3) is 3.36. The van der Waals surface area contributed by atoms with Crippen molar-refractivity contribution in [3.63, 3.8) is 0 Å². The van der Waals surface area contributed by atoms with E-state index in [1.54, 1.807) is 17.6 Å². The van der Waals surface area contributed by atoms with E-state index < -0.39 is 0 Å². The fourth-order valence-corrected chi connectivity index (χ4v) is 3.32. The van der Waals surface area contributed by atoms with Gasteiger partial charge in [-0.1, -0.05) is 0 Å². The highest BCUT2D eigenvalue weighted by molar-refractivity contribution is 7.11. The van der Waals surface area contributed by atoms with E-state index in [1.165, 1.54) is 18.5 Å². The Morgan fingerprint density at radius 3 is 2.59 bits per heavy atom. The van der Waals surface area contributed by atoms with E-state index in [-0.39, 0.29) is 5.91 Å². The monoisotopic (exact) mass is 313 g/mol. The third-order valence-corrected chi connectivity index (χ3v) is 4.80. The molecule has 2 heterocycles. The maximum absolute atomic E-state index is 12.1. The first-order valence-electron chi connectivity index (χ1n) is 7.46. The number of nitrogens with zero attached hydrogens (tertiary/aromatic N) is 2. The standard InChI is InChI=1S/C17H19N3OS/c1-13-8-11-22-16(13)12-18-19-17(21)14-4-6-15(7-5-14)20-9-2-3-10-20/h4-8,11-12H,2-3,9-10H2,1H3,(H,19,21)/b18-12-. The molecule has 0 atom stereocenters. The quantitative estimate of drug-likeness (QED) is 0.694. The Balaban J connectivity index is 1.60. The molecule has 0 bridgehead atoms. The maximum Gasteiger partial charge on any atom is 0.271 e. The predicted octanol–water partition coefficient (Wildman–Crippen LogP) is 3.42. The van der Waals surface area contributed by atoms with Crippen molar-refractivity contribution >= 4 is 29.1 Å². The van der Waals surface area contributed by atoms with Gasteiger partial charge in [-0.25, -0.2) is 5.43 Å². The van der Waals surface area contributed by atoms with Crippen molar-refractivity contribution in [3.8, 4) is 0 Å². The van der Waals surface area contributed by atoms with E-state index in [9.17, 15) is 4.79 Å². The SMILES string of the molecule is Cc1ccsc1/C=N\NC(=O)c1ccc(N2CCCC2)cc1. The van der Waals surface area contributed by atoms with Crippen LogP contribution in [0.25, 0.3) is 0 Å². The van der Waals surface area contributed by atoms with Gasteiger partial charge in [0.1, 0.15) is 0 Å². The fraction of sp³-hybridized carbons (Fsp3) is 0.294. The minimum Gasteiger partial charge on any atom is -0.372 e. The zero-order valence-corrected chi connectivity index (χ0v) is 13.4. The molecule has 22 heavy (non-hydrogen) atoms. The minimum absolute atomic E-state index is 0.182. The molecule has 1 aromatic carbocycles. The van der Waals surface area contributed by atoms with Gasteiger partial charge in [-0.3, -0.25) is 4.79 Å². The molecule has 0 saturated carbocycles. The molecule has 5 heteroatoms. The lowest BCUT2D eigenvalue weighted by Gasteiger charge is -2.17. The number of aryl methyl sites for hydroxylation is 1. The zero-order chi connectivity index (χ0) is 15.4. The first-order valence-corrected chi connectivity index (χ1v) is 8.34. The number of hydrazone groups is 1. The lowest BCUT2D eigenvalue weighted by Crippen LogP contribution is -2.19. The maximum atomic E-state index is 12.1. The Morgan fingerprint density at radius 1 is 1.23 bits per heavy atom. The summed E-state index contributed by atoms with van der Waals surface area (Å²) in [7, 11) is 0. The Kier molecular flexibility index (Phi) is 4.53. The number of amides is 1. The largest absolute Gasteiger partial charge is 0.372 e. The molecule has 4 nitrogen and oxygen atoms in total. The Labute approximate surface area is 134 Å². The molecule has 3 rings (SSSR count). The number of carbonyl (C=O) groups is 1. The first kappa shape index (κ1) is 14.8. The summed E-state index contributed by atoms with van der Waals surface area (Å²) in [5.74, 6) is -0.182. The molecule has 0 spiro atoms. The smallest absolute Gasteiger partial charge is 0.271 e. The van der Waals surface area contributed by atoms with Crippen molar-refractivity contribution in [2.24, 2.45) is 5.10 Å². The molecule has 1 aliphatic heterocycles. The zero-order valence-electron chi connectivity index (χ0n) is 12.6. The molecule has 2 aromatic rings. The van der Waals surface area contributed by atoms with Gasteiger partial charge in [-0.2, -0.15) is 5.10 Å². The van der Waals surface area contributed by atoms with Crippen LogP contribution in [0.5, 0.6) is 0 Å². The van der Waals surface area contributed by atoms with Crippen molar-refractivity contribution in [1.82, 2.24) is 5.43 Å². The molecule has 0 unspecified atom stereocenters. The van der Waals surface area contributed by atoms with E-state index in [1.807, 2.05) is 42.6 Å². The van der Waals surface area contributed by atoms with E-state index in [0.29, 0.717) is 5.56 Å². The van der Waals surface area contributed by atoms with Gasteiger partial charge in [0.15, 0.2) is 0 Å². The van der Waals surface area contributed by atoms with Crippen LogP contribution in [0.2, 0.25) is 0 Å². The Bertz CT molecular complexity index is 669. The van der Waals surface area contributed by atoms with Crippen LogP contribution in [-0.2, 0) is 0 Å². The molecule has 1 N–H and O–H groups in total. The molecule has 1 aromatic heterocycles. The summed E-state index contributed by atoms with van der Waals surface area (Å²) in [6, 6.07) is 9.76. The number of thiophene rings is 1. The van der Waals surface area contributed by atoms with E-state index in [0.717, 1.165) is 23.5 Å². The van der Waals surface area contributed by atoms with Gasteiger partial charge in [-0.15, -0.1) is 11.3 Å². The van der Waals surface area contributed by atoms with Crippen LogP contribution < -0.4 is 10.3 Å². The number of hydrogen-bond acceptors (Lipinski definition) is 4. The second-order valence-electron chi connectivity index (χ2n) is 5.41. The number of anilines is 1. The second-order valence-corrected chi connectivity index (χ2v) is 6.36. The van der Waals surface area contributed by atoms with Crippen molar-refractivity contribution in [2.45, 2.75) is 19.8 Å². The van der Waals surface area contributed by atoms with Crippen LogP contribution in [-0.4, -0.2) is 25.2 Å². The Hall–Kier alpha value is -2.14. The van der Waals surface area contributed by atoms with Gasteiger partial charge in [-0.05, 0) is 61.0 Å². The summed E-state index contributed by atoms with van der Waals surface area (Å²) in [5.41, 5.74) is 5.56. The minimum atomic E-state index is -0.182. The summed E-state index contributed by atoms with van der Waals surface area (Å²) in [5, 5.41) is 6.04. The third-order valence-electron chi connectivity index (χ3n) is 3.85. The van der Waals surface area contributed by atoms with E-state index >= 15 is 0 Å². The molecule has 0 aliphatic carbocycles. The second kappa shape index (κ2) is 6.75. The number of nitrogens with one attached hydrogen (secondary N) is 1. The summed E-state index contributed by atoms with van der Waals surface area (Å²) in [6.07, 6.45) is 4.19. The summed E-state index contributed by atoms with van der Waals surface area (Å²) < 4.78 is 0. The summed E-state index contributed by atoms with van der Waals surface area (Å²) >= 11 is 1.61. The molecule has 1 saturated heterocycles. The van der Waals surface area contributed by atoms with Crippen molar-refractivity contribution in [3.05, 3.63) is 51.7 Å². The van der Waals surface area contributed by atoms with Crippen LogP contribution in [0.1, 0.15) is 33.6 Å². The van der Waals surface area contributed by atoms with Gasteiger partial charge in [0.2, 0.25) is 0 Å². The molecule has 0 radical (unpaired) electrons. The highest BCUT2D eigenvalue weighted by Gasteiger charge is 2.12. The van der Waals surface area contributed by atoms with Gasteiger partial charge >= 0.3 is 0 Å². The van der Waals surface area contributed by atoms with Crippen molar-refractivity contribution < 1.29 is 4.79 Å².